The van der Waals surface area contributed by atoms with Crippen LogP contribution in [0.15, 0.2) is 34.5 Å². The Balaban J connectivity index is 3.36. The van der Waals surface area contributed by atoms with Gasteiger partial charge in [0.25, 0.3) is 0 Å². The predicted octanol–water partition coefficient (Wildman–Crippen LogP) is 5.99. The monoisotopic (exact) mass is 467 g/mol. The van der Waals surface area contributed by atoms with Crippen LogP contribution in [0.4, 0.5) is 54.0 Å². The lowest BCUT2D eigenvalue weighted by Crippen LogP contribution is -2.61. The molecule has 0 saturated heterocycles. The lowest BCUT2D eigenvalue weighted by molar-refractivity contribution is -0.392. The molecule has 0 aliphatic carbocycles. The number of halogens is 12. The van der Waals surface area contributed by atoms with Gasteiger partial charge in [-0.05, 0) is 28.1 Å². The van der Waals surface area contributed by atoms with E-state index >= 15 is 0 Å². The Labute approximate surface area is 145 Å². The molecule has 1 rings (SSSR count). The Bertz CT molecular complexity index is 714. The van der Waals surface area contributed by atoms with Crippen LogP contribution in [0, 0.1) is 0 Å². The van der Waals surface area contributed by atoms with Gasteiger partial charge in [0.05, 0.1) is 4.47 Å². The number of nitrogens with two attached hydrogens (primary N) is 1. The summed E-state index contributed by atoms with van der Waals surface area (Å²) in [5.41, 5.74) is 5.02. The summed E-state index contributed by atoms with van der Waals surface area (Å²) in [5.74, 6) is -26.5. The summed E-state index contributed by atoms with van der Waals surface area (Å²) in [4.78, 5) is 0. The molecule has 2 nitrogen and oxygen atoms in total. The van der Waals surface area contributed by atoms with Crippen molar-refractivity contribution in [3.63, 3.8) is 0 Å². The summed E-state index contributed by atoms with van der Waals surface area (Å²) in [7, 11) is 0. The van der Waals surface area contributed by atoms with E-state index in [1.807, 2.05) is 0 Å². The van der Waals surface area contributed by atoms with Gasteiger partial charge in [-0.3, -0.25) is 0 Å². The lowest BCUT2D eigenvalue weighted by atomic mass is 10.0. The fourth-order valence-corrected chi connectivity index (χ4v) is 1.70. The molecule has 0 bridgehead atoms. The second kappa shape index (κ2) is 6.78. The van der Waals surface area contributed by atoms with Crippen molar-refractivity contribution in [3.8, 4) is 5.75 Å². The molecule has 1 aromatic rings. The first-order chi connectivity index (χ1) is 11.5. The maximum atomic E-state index is 13.4. The number of nitrogen functional groups attached to an aromatic ring is 1. The van der Waals surface area contributed by atoms with E-state index < -0.39 is 41.5 Å². The highest BCUT2D eigenvalue weighted by Crippen LogP contribution is 2.55. The van der Waals surface area contributed by atoms with Gasteiger partial charge < -0.3 is 10.5 Å². The fraction of sp³-hybridized carbons (Fsp3) is 0.333. The van der Waals surface area contributed by atoms with Crippen LogP contribution in [0.1, 0.15) is 0 Å². The minimum Gasteiger partial charge on any atom is -0.428 e. The highest BCUT2D eigenvalue weighted by atomic mass is 79.9. The normalized spacial score (nSPS) is 14.9. The third-order valence-electron chi connectivity index (χ3n) is 2.75. The van der Waals surface area contributed by atoms with E-state index in [-0.39, 0.29) is 10.2 Å². The zero-order chi connectivity index (χ0) is 20.7. The zero-order valence-corrected chi connectivity index (χ0v) is 13.3. The molecule has 0 aromatic heterocycles. The topological polar surface area (TPSA) is 35.2 Å². The number of benzene rings is 1. The van der Waals surface area contributed by atoms with Crippen molar-refractivity contribution < 1.29 is 53.0 Å². The lowest BCUT2D eigenvalue weighted by Gasteiger charge is -2.32. The van der Waals surface area contributed by atoms with Crippen LogP contribution in [-0.4, -0.2) is 23.9 Å². The third-order valence-corrected chi connectivity index (χ3v) is 3.40. The Morgan fingerprint density at radius 1 is 0.885 bits per heavy atom. The number of alkyl halides is 9. The van der Waals surface area contributed by atoms with Gasteiger partial charge in [0.15, 0.2) is 0 Å². The van der Waals surface area contributed by atoms with Gasteiger partial charge in [-0.2, -0.15) is 48.3 Å². The molecule has 14 heteroatoms. The summed E-state index contributed by atoms with van der Waals surface area (Å²) in [6.45, 7) is 0. The number of ether oxygens (including phenoxy) is 1. The zero-order valence-electron chi connectivity index (χ0n) is 11.8. The molecule has 0 amide bonds. The van der Waals surface area contributed by atoms with E-state index in [0.29, 0.717) is 6.07 Å². The summed E-state index contributed by atoms with van der Waals surface area (Å²) >= 11 is 2.66. The van der Waals surface area contributed by atoms with Crippen molar-refractivity contribution in [2.45, 2.75) is 23.9 Å². The van der Waals surface area contributed by atoms with Crippen LogP contribution in [0.3, 0.4) is 0 Å². The summed E-state index contributed by atoms with van der Waals surface area (Å²) in [5, 5.41) is 0. The fourth-order valence-electron chi connectivity index (χ4n) is 1.38. The molecular formula is C12H5BrF11NO. The van der Waals surface area contributed by atoms with Gasteiger partial charge in [0, 0.05) is 11.8 Å². The van der Waals surface area contributed by atoms with Crippen molar-refractivity contribution in [2.75, 3.05) is 5.73 Å². The Morgan fingerprint density at radius 3 is 1.85 bits per heavy atom. The first-order valence-electron chi connectivity index (χ1n) is 5.95. The minimum atomic E-state index is -7.38. The van der Waals surface area contributed by atoms with E-state index in [1.165, 1.54) is 0 Å². The van der Waals surface area contributed by atoms with Gasteiger partial charge in [0.2, 0.25) is 5.83 Å². The molecule has 148 valence electrons. The average molecular weight is 468 g/mol. The molecule has 0 aliphatic heterocycles. The van der Waals surface area contributed by atoms with Gasteiger partial charge >= 0.3 is 30.0 Å². The number of hydrogen-bond donors (Lipinski definition) is 1. The maximum absolute atomic E-state index is 13.4. The first kappa shape index (κ1) is 22.3. The predicted molar refractivity (Wildman–Crippen MR) is 69.3 cm³/mol. The molecule has 0 aliphatic rings. The first-order valence-corrected chi connectivity index (χ1v) is 6.75. The number of allylic oxidation sites excluding steroid dienone is 1. The van der Waals surface area contributed by atoms with Crippen molar-refractivity contribution in [3.05, 3.63) is 34.5 Å². The third kappa shape index (κ3) is 3.69. The van der Waals surface area contributed by atoms with Gasteiger partial charge in [-0.25, -0.2) is 0 Å². The van der Waals surface area contributed by atoms with Crippen LogP contribution in [0.2, 0.25) is 0 Å². The van der Waals surface area contributed by atoms with Crippen LogP contribution in [0.5, 0.6) is 5.75 Å². The molecule has 0 spiro atoms. The van der Waals surface area contributed by atoms with Gasteiger partial charge in [0.1, 0.15) is 5.75 Å². The molecule has 1 aromatic carbocycles. The standard InChI is InChI=1S/C12H5BrF11NO/c13-5-2-1-4(25)3-6(5)26-8(15)7(14)9(16,17)10(18,19)11(20,21)12(22,23)24/h1-3H,25H2. The van der Waals surface area contributed by atoms with E-state index in [9.17, 15) is 48.3 Å². The van der Waals surface area contributed by atoms with Gasteiger partial charge in [-0.1, -0.05) is 0 Å². The highest BCUT2D eigenvalue weighted by molar-refractivity contribution is 9.10. The van der Waals surface area contributed by atoms with Crippen molar-refractivity contribution in [1.82, 2.24) is 0 Å². The summed E-state index contributed by atoms with van der Waals surface area (Å²) < 4.78 is 144. The van der Waals surface area contributed by atoms with Crippen LogP contribution >= 0.6 is 15.9 Å². The Hall–Kier alpha value is -1.73. The quantitative estimate of drug-likeness (QED) is 0.328. The summed E-state index contributed by atoms with van der Waals surface area (Å²) in [6, 6.07) is -0.293. The van der Waals surface area contributed by atoms with E-state index in [4.69, 9.17) is 5.73 Å². The van der Waals surface area contributed by atoms with E-state index in [2.05, 4.69) is 20.7 Å². The Morgan fingerprint density at radius 2 is 1.38 bits per heavy atom. The van der Waals surface area contributed by atoms with Crippen LogP contribution < -0.4 is 10.5 Å². The molecule has 0 atom stereocenters. The molecular weight excluding hydrogens is 463 g/mol. The van der Waals surface area contributed by atoms with E-state index in [1.54, 1.807) is 0 Å². The summed E-state index contributed by atoms with van der Waals surface area (Å²) in [6.07, 6.45) is -7.17. The minimum absolute atomic E-state index is 0.197. The molecule has 26 heavy (non-hydrogen) atoms. The van der Waals surface area contributed by atoms with Gasteiger partial charge in [-0.15, -0.1) is 0 Å². The molecule has 0 saturated carbocycles. The number of hydrogen-bond acceptors (Lipinski definition) is 2. The second-order valence-electron chi connectivity index (χ2n) is 4.60. The molecule has 0 heterocycles. The second-order valence-corrected chi connectivity index (χ2v) is 5.45. The van der Waals surface area contributed by atoms with Crippen molar-refractivity contribution >= 4 is 21.6 Å². The molecule has 0 radical (unpaired) electrons. The highest BCUT2D eigenvalue weighted by Gasteiger charge is 2.83. The molecule has 0 unspecified atom stereocenters. The van der Waals surface area contributed by atoms with Crippen molar-refractivity contribution in [2.24, 2.45) is 0 Å². The van der Waals surface area contributed by atoms with E-state index in [0.717, 1.165) is 12.1 Å². The number of anilines is 1. The largest absolute Gasteiger partial charge is 0.460 e. The maximum Gasteiger partial charge on any atom is 0.460 e. The molecule has 0 fully saturated rings. The molecule has 2 N–H and O–H groups in total. The average Bonchev–Trinajstić information content (AvgIpc) is 2.48. The smallest absolute Gasteiger partial charge is 0.428 e. The van der Waals surface area contributed by atoms with Crippen molar-refractivity contribution in [1.29, 1.82) is 0 Å². The SMILES string of the molecule is Nc1ccc(Br)c(OC(F)=C(F)C(F)(F)C(F)(F)C(F)(F)C(F)(F)F)c1. The van der Waals surface area contributed by atoms with Crippen LogP contribution in [0.25, 0.3) is 0 Å². The van der Waals surface area contributed by atoms with Crippen LogP contribution in [-0.2, 0) is 0 Å². The number of rotatable bonds is 5. The Kier molecular flexibility index (Phi) is 5.81.